The molecule has 1 aliphatic rings. The summed E-state index contributed by atoms with van der Waals surface area (Å²) in [4.78, 5) is 17.2. The minimum atomic E-state index is -0.0644. The molecular formula is C22H30N4O5. The SMILES string of the molecule is CCOc1cc(C(=O)N2CCN(c3ccc(OC)nn3)CC2)cc(OCC)c1OCC. The summed E-state index contributed by atoms with van der Waals surface area (Å²) in [5.41, 5.74) is 0.521. The Morgan fingerprint density at radius 1 is 0.903 bits per heavy atom. The van der Waals surface area contributed by atoms with E-state index in [-0.39, 0.29) is 5.91 Å². The lowest BCUT2D eigenvalue weighted by Crippen LogP contribution is -2.49. The Kier molecular flexibility index (Phi) is 7.75. The first kappa shape index (κ1) is 22.5. The van der Waals surface area contributed by atoms with Gasteiger partial charge in [0.15, 0.2) is 17.3 Å². The van der Waals surface area contributed by atoms with Crippen LogP contribution in [0.25, 0.3) is 0 Å². The average Bonchev–Trinajstić information content (AvgIpc) is 2.81. The van der Waals surface area contributed by atoms with Crippen LogP contribution in [0.15, 0.2) is 24.3 Å². The third-order valence-electron chi connectivity index (χ3n) is 4.88. The van der Waals surface area contributed by atoms with Gasteiger partial charge in [-0.1, -0.05) is 0 Å². The fourth-order valence-corrected chi connectivity index (χ4v) is 3.42. The largest absolute Gasteiger partial charge is 0.490 e. The highest BCUT2D eigenvalue weighted by Gasteiger charge is 2.25. The molecule has 3 rings (SSSR count). The lowest BCUT2D eigenvalue weighted by Gasteiger charge is -2.35. The van der Waals surface area contributed by atoms with E-state index in [1.807, 2.05) is 31.7 Å². The normalized spacial score (nSPS) is 13.7. The summed E-state index contributed by atoms with van der Waals surface area (Å²) in [6, 6.07) is 7.13. The molecule has 2 heterocycles. The van der Waals surface area contributed by atoms with Crippen LogP contribution in [0.4, 0.5) is 5.82 Å². The zero-order valence-electron chi connectivity index (χ0n) is 18.6. The highest BCUT2D eigenvalue weighted by Crippen LogP contribution is 2.39. The minimum absolute atomic E-state index is 0.0644. The van der Waals surface area contributed by atoms with Gasteiger partial charge in [-0.05, 0) is 39.0 Å². The van der Waals surface area contributed by atoms with Crippen molar-refractivity contribution in [1.82, 2.24) is 15.1 Å². The number of amides is 1. The zero-order valence-corrected chi connectivity index (χ0v) is 18.6. The number of nitrogens with zero attached hydrogens (tertiary/aromatic N) is 4. The molecule has 9 nitrogen and oxygen atoms in total. The second-order valence-electron chi connectivity index (χ2n) is 6.81. The number of hydrogen-bond acceptors (Lipinski definition) is 8. The predicted molar refractivity (Wildman–Crippen MR) is 117 cm³/mol. The van der Waals surface area contributed by atoms with Gasteiger partial charge in [0.25, 0.3) is 5.91 Å². The zero-order chi connectivity index (χ0) is 22.2. The first-order chi connectivity index (χ1) is 15.1. The monoisotopic (exact) mass is 430 g/mol. The van der Waals surface area contributed by atoms with E-state index in [9.17, 15) is 4.79 Å². The molecule has 1 aromatic heterocycles. The summed E-state index contributed by atoms with van der Waals surface area (Å²) < 4.78 is 22.3. The predicted octanol–water partition coefficient (Wildman–Crippen LogP) is 2.64. The molecule has 1 saturated heterocycles. The molecule has 1 aliphatic heterocycles. The lowest BCUT2D eigenvalue weighted by atomic mass is 10.1. The number of benzene rings is 1. The molecule has 0 bridgehead atoms. The molecule has 2 aromatic rings. The van der Waals surface area contributed by atoms with E-state index < -0.39 is 0 Å². The van der Waals surface area contributed by atoms with Crippen LogP contribution in [-0.2, 0) is 0 Å². The van der Waals surface area contributed by atoms with Crippen molar-refractivity contribution in [3.8, 4) is 23.1 Å². The number of methoxy groups -OCH3 is 1. The topological polar surface area (TPSA) is 86.3 Å². The van der Waals surface area contributed by atoms with Gasteiger partial charge in [-0.3, -0.25) is 4.79 Å². The molecule has 0 atom stereocenters. The summed E-state index contributed by atoms with van der Waals surface area (Å²) >= 11 is 0. The first-order valence-electron chi connectivity index (χ1n) is 10.6. The molecule has 0 unspecified atom stereocenters. The number of ether oxygens (including phenoxy) is 4. The van der Waals surface area contributed by atoms with Gasteiger partial charge in [0.2, 0.25) is 11.6 Å². The van der Waals surface area contributed by atoms with E-state index in [4.69, 9.17) is 18.9 Å². The van der Waals surface area contributed by atoms with Crippen molar-refractivity contribution >= 4 is 11.7 Å². The van der Waals surface area contributed by atoms with Crippen LogP contribution in [0.2, 0.25) is 0 Å². The Morgan fingerprint density at radius 3 is 2.00 bits per heavy atom. The van der Waals surface area contributed by atoms with Gasteiger partial charge in [-0.15, -0.1) is 10.2 Å². The summed E-state index contributed by atoms with van der Waals surface area (Å²) in [6.07, 6.45) is 0. The highest BCUT2D eigenvalue weighted by molar-refractivity contribution is 5.95. The molecule has 0 spiro atoms. The first-order valence-corrected chi connectivity index (χ1v) is 10.6. The summed E-state index contributed by atoms with van der Waals surface area (Å²) in [6.45, 7) is 9.58. The number of aromatic nitrogens is 2. The van der Waals surface area contributed by atoms with E-state index in [0.717, 1.165) is 5.82 Å². The van der Waals surface area contributed by atoms with Crippen molar-refractivity contribution in [1.29, 1.82) is 0 Å². The van der Waals surface area contributed by atoms with Crippen LogP contribution < -0.4 is 23.8 Å². The van der Waals surface area contributed by atoms with Gasteiger partial charge in [0.05, 0.1) is 26.9 Å². The van der Waals surface area contributed by atoms with Gasteiger partial charge in [-0.2, -0.15) is 0 Å². The van der Waals surface area contributed by atoms with Crippen LogP contribution in [0.5, 0.6) is 23.1 Å². The van der Waals surface area contributed by atoms with Gasteiger partial charge in [0, 0.05) is 37.8 Å². The Bertz CT molecular complexity index is 840. The average molecular weight is 431 g/mol. The number of hydrogen-bond donors (Lipinski definition) is 0. The maximum absolute atomic E-state index is 13.2. The summed E-state index contributed by atoms with van der Waals surface area (Å²) in [7, 11) is 1.56. The molecule has 1 aromatic carbocycles. The van der Waals surface area contributed by atoms with Crippen LogP contribution in [0.3, 0.4) is 0 Å². The van der Waals surface area contributed by atoms with Gasteiger partial charge >= 0.3 is 0 Å². The lowest BCUT2D eigenvalue weighted by molar-refractivity contribution is 0.0745. The molecule has 168 valence electrons. The maximum atomic E-state index is 13.2. The Morgan fingerprint density at radius 2 is 1.52 bits per heavy atom. The number of rotatable bonds is 9. The third-order valence-corrected chi connectivity index (χ3v) is 4.88. The molecule has 9 heteroatoms. The molecule has 1 amide bonds. The van der Waals surface area contributed by atoms with Crippen LogP contribution in [0, 0.1) is 0 Å². The number of carbonyl (C=O) groups excluding carboxylic acids is 1. The van der Waals surface area contributed by atoms with Crippen LogP contribution in [-0.4, -0.2) is 74.1 Å². The maximum Gasteiger partial charge on any atom is 0.254 e. The molecule has 0 saturated carbocycles. The van der Waals surface area contributed by atoms with E-state index in [1.54, 1.807) is 25.3 Å². The molecular weight excluding hydrogens is 400 g/mol. The quantitative estimate of drug-likeness (QED) is 0.600. The van der Waals surface area contributed by atoms with Crippen molar-refractivity contribution in [2.45, 2.75) is 20.8 Å². The molecule has 0 N–H and O–H groups in total. The number of carbonyl (C=O) groups is 1. The van der Waals surface area contributed by atoms with Crippen molar-refractivity contribution < 1.29 is 23.7 Å². The minimum Gasteiger partial charge on any atom is -0.490 e. The van der Waals surface area contributed by atoms with Gasteiger partial charge < -0.3 is 28.7 Å². The smallest absolute Gasteiger partial charge is 0.254 e. The number of anilines is 1. The fourth-order valence-electron chi connectivity index (χ4n) is 3.42. The second-order valence-corrected chi connectivity index (χ2v) is 6.81. The molecule has 0 aliphatic carbocycles. The van der Waals surface area contributed by atoms with Crippen molar-refractivity contribution in [3.63, 3.8) is 0 Å². The van der Waals surface area contributed by atoms with Crippen LogP contribution in [0.1, 0.15) is 31.1 Å². The Hall–Kier alpha value is -3.23. The Labute approximate surface area is 182 Å². The van der Waals surface area contributed by atoms with E-state index in [0.29, 0.717) is 74.7 Å². The molecule has 31 heavy (non-hydrogen) atoms. The van der Waals surface area contributed by atoms with Crippen molar-refractivity contribution in [2.24, 2.45) is 0 Å². The van der Waals surface area contributed by atoms with E-state index in [2.05, 4.69) is 15.1 Å². The third kappa shape index (κ3) is 5.28. The van der Waals surface area contributed by atoms with Crippen molar-refractivity contribution in [3.05, 3.63) is 29.8 Å². The van der Waals surface area contributed by atoms with E-state index >= 15 is 0 Å². The summed E-state index contributed by atoms with van der Waals surface area (Å²) in [5, 5.41) is 8.21. The Balaban J connectivity index is 1.74. The molecule has 1 fully saturated rings. The van der Waals surface area contributed by atoms with Gasteiger partial charge in [0.1, 0.15) is 0 Å². The second kappa shape index (κ2) is 10.7. The number of piperazine rings is 1. The fraction of sp³-hybridized carbons (Fsp3) is 0.500. The van der Waals surface area contributed by atoms with E-state index in [1.165, 1.54) is 0 Å². The van der Waals surface area contributed by atoms with Gasteiger partial charge in [-0.25, -0.2) is 0 Å². The standard InChI is InChI=1S/C22H30N4O5/c1-5-29-17-14-16(15-18(30-6-2)21(17)31-7-3)22(27)26-12-10-25(11-13-26)19-8-9-20(28-4)24-23-19/h8-9,14-15H,5-7,10-13H2,1-4H3. The molecule has 0 radical (unpaired) electrons. The van der Waals surface area contributed by atoms with Crippen molar-refractivity contribution in [2.75, 3.05) is 58.0 Å². The summed E-state index contributed by atoms with van der Waals surface area (Å²) in [5.74, 6) is 2.75. The highest BCUT2D eigenvalue weighted by atomic mass is 16.5. The van der Waals surface area contributed by atoms with Crippen LogP contribution >= 0.6 is 0 Å².